The molecule has 2 aromatic carbocycles. The summed E-state index contributed by atoms with van der Waals surface area (Å²) < 4.78 is 0. The topological polar surface area (TPSA) is 0 Å². The average molecular weight is 479 g/mol. The highest BCUT2D eigenvalue weighted by molar-refractivity contribution is 5.48. The van der Waals surface area contributed by atoms with E-state index in [4.69, 9.17) is 0 Å². The maximum Gasteiger partial charge on any atom is 0.0283 e. The first-order valence-corrected chi connectivity index (χ1v) is 14.9. The first-order chi connectivity index (χ1) is 17.8. The van der Waals surface area contributed by atoms with Crippen molar-refractivity contribution >= 4 is 0 Å². The summed E-state index contributed by atoms with van der Waals surface area (Å²) in [5.74, 6) is 16.5. The van der Waals surface area contributed by atoms with Gasteiger partial charge in [0.05, 0.1) is 0 Å². The van der Waals surface area contributed by atoms with Crippen molar-refractivity contribution in [2.75, 3.05) is 0 Å². The maximum absolute atomic E-state index is 3.54. The van der Waals surface area contributed by atoms with E-state index in [0.717, 1.165) is 29.7 Å². The maximum atomic E-state index is 3.54. The van der Waals surface area contributed by atoms with Crippen LogP contribution in [0.25, 0.3) is 0 Å². The lowest BCUT2D eigenvalue weighted by molar-refractivity contribution is 0.303. The summed E-state index contributed by atoms with van der Waals surface area (Å²) in [6.45, 7) is 4.26. The highest BCUT2D eigenvalue weighted by Gasteiger charge is 2.24. The molecule has 0 heteroatoms. The van der Waals surface area contributed by atoms with E-state index in [1.54, 1.807) is 0 Å². The third kappa shape index (κ3) is 7.78. The van der Waals surface area contributed by atoms with Crippen LogP contribution in [0.2, 0.25) is 0 Å². The molecule has 2 saturated carbocycles. The van der Waals surface area contributed by atoms with Crippen molar-refractivity contribution in [3.8, 4) is 23.7 Å². The van der Waals surface area contributed by atoms with Gasteiger partial charge in [-0.1, -0.05) is 74.8 Å². The number of rotatable bonds is 8. The molecule has 4 rings (SSSR count). The Balaban J connectivity index is 1.32. The first kappa shape index (κ1) is 26.6. The zero-order valence-electron chi connectivity index (χ0n) is 22.8. The summed E-state index contributed by atoms with van der Waals surface area (Å²) in [4.78, 5) is 0. The van der Waals surface area contributed by atoms with E-state index in [0.29, 0.717) is 5.92 Å². The minimum Gasteiger partial charge on any atom is -0.107 e. The van der Waals surface area contributed by atoms with Gasteiger partial charge in [-0.05, 0) is 118 Å². The van der Waals surface area contributed by atoms with E-state index in [-0.39, 0.29) is 0 Å². The summed E-state index contributed by atoms with van der Waals surface area (Å²) in [5.41, 5.74) is 5.35. The minimum atomic E-state index is 0.656. The molecular formula is C36H46. The van der Waals surface area contributed by atoms with E-state index in [2.05, 4.69) is 79.1 Å². The van der Waals surface area contributed by atoms with Crippen molar-refractivity contribution in [2.24, 2.45) is 11.8 Å². The Kier molecular flexibility index (Phi) is 10.6. The highest BCUT2D eigenvalue weighted by atomic mass is 14.3. The average Bonchev–Trinajstić information content (AvgIpc) is 2.93. The van der Waals surface area contributed by atoms with Crippen molar-refractivity contribution < 1.29 is 0 Å². The Labute approximate surface area is 221 Å². The molecular weight excluding hydrogens is 432 g/mol. The van der Waals surface area contributed by atoms with Crippen molar-refractivity contribution in [2.45, 2.75) is 116 Å². The molecule has 0 nitrogen and oxygen atoms in total. The molecule has 0 unspecified atom stereocenters. The zero-order chi connectivity index (χ0) is 25.0. The van der Waals surface area contributed by atoms with Crippen LogP contribution in [0.4, 0.5) is 0 Å². The second-order valence-electron chi connectivity index (χ2n) is 11.4. The Morgan fingerprint density at radius 2 is 1.36 bits per heavy atom. The monoisotopic (exact) mass is 478 g/mol. The van der Waals surface area contributed by atoms with Gasteiger partial charge in [0, 0.05) is 17.5 Å². The van der Waals surface area contributed by atoms with Crippen LogP contribution in [0.3, 0.4) is 0 Å². The van der Waals surface area contributed by atoms with E-state index in [1.165, 1.54) is 100 Å². The Hall–Kier alpha value is -2.44. The molecule has 0 atom stereocenters. The van der Waals surface area contributed by atoms with Crippen LogP contribution >= 0.6 is 0 Å². The lowest BCUT2D eigenvalue weighted by atomic mass is 9.76. The number of unbranched alkanes of at least 4 members (excludes halogenated alkanes) is 2. The smallest absolute Gasteiger partial charge is 0.0283 e. The molecule has 2 fully saturated rings. The molecule has 0 bridgehead atoms. The molecule has 0 saturated heterocycles. The van der Waals surface area contributed by atoms with E-state index in [9.17, 15) is 0 Å². The number of hydrogen-bond donors (Lipinski definition) is 0. The van der Waals surface area contributed by atoms with Gasteiger partial charge in [-0.25, -0.2) is 0 Å². The van der Waals surface area contributed by atoms with E-state index >= 15 is 0 Å². The summed E-state index contributed by atoms with van der Waals surface area (Å²) >= 11 is 0. The lowest BCUT2D eigenvalue weighted by Gasteiger charge is -2.29. The Morgan fingerprint density at radius 3 is 2.06 bits per heavy atom. The van der Waals surface area contributed by atoms with Gasteiger partial charge in [-0.3, -0.25) is 0 Å². The number of hydrogen-bond acceptors (Lipinski definition) is 0. The first-order valence-electron chi connectivity index (χ1n) is 14.9. The minimum absolute atomic E-state index is 0.656. The molecule has 0 heterocycles. The molecule has 2 aliphatic carbocycles. The van der Waals surface area contributed by atoms with Crippen LogP contribution in [0.5, 0.6) is 0 Å². The molecule has 0 N–H and O–H groups in total. The highest BCUT2D eigenvalue weighted by Crippen LogP contribution is 2.39. The lowest BCUT2D eigenvalue weighted by Crippen LogP contribution is -2.14. The van der Waals surface area contributed by atoms with Gasteiger partial charge in [0.15, 0.2) is 0 Å². The normalized spacial score (nSPS) is 23.7. The van der Waals surface area contributed by atoms with Crippen LogP contribution in [-0.4, -0.2) is 0 Å². The molecule has 190 valence electrons. The van der Waals surface area contributed by atoms with Gasteiger partial charge >= 0.3 is 0 Å². The fraction of sp³-hybridized carbons (Fsp3) is 0.556. The van der Waals surface area contributed by atoms with Gasteiger partial charge < -0.3 is 0 Å². The Morgan fingerprint density at radius 1 is 0.694 bits per heavy atom. The van der Waals surface area contributed by atoms with E-state index in [1.807, 2.05) is 6.92 Å². The number of benzene rings is 2. The molecule has 0 aromatic heterocycles. The fourth-order valence-corrected chi connectivity index (χ4v) is 6.58. The second-order valence-corrected chi connectivity index (χ2v) is 11.4. The predicted molar refractivity (Wildman–Crippen MR) is 155 cm³/mol. The molecule has 2 aliphatic rings. The predicted octanol–water partition coefficient (Wildman–Crippen LogP) is 10.0. The van der Waals surface area contributed by atoms with Crippen LogP contribution in [0.1, 0.15) is 138 Å². The van der Waals surface area contributed by atoms with E-state index < -0.39 is 0 Å². The third-order valence-corrected chi connectivity index (χ3v) is 8.89. The second kappa shape index (κ2) is 14.3. The SMILES string of the molecule is CC#CCCC1CCC(c2ccccc2C#Cc2ccc(C3CCC(CCCCC)CC3)cc2)CC1. The molecule has 2 aromatic rings. The quantitative estimate of drug-likeness (QED) is 0.261. The Bertz CT molecular complexity index is 1030. The van der Waals surface area contributed by atoms with Gasteiger partial charge in [0.25, 0.3) is 0 Å². The summed E-state index contributed by atoms with van der Waals surface area (Å²) in [6.07, 6.45) is 18.8. The van der Waals surface area contributed by atoms with Crippen LogP contribution in [-0.2, 0) is 0 Å². The fourth-order valence-electron chi connectivity index (χ4n) is 6.58. The largest absolute Gasteiger partial charge is 0.107 e. The zero-order valence-corrected chi connectivity index (χ0v) is 22.8. The van der Waals surface area contributed by atoms with Gasteiger partial charge in [0.2, 0.25) is 0 Å². The van der Waals surface area contributed by atoms with Gasteiger partial charge in [0.1, 0.15) is 0 Å². The van der Waals surface area contributed by atoms with Crippen LogP contribution in [0, 0.1) is 35.5 Å². The van der Waals surface area contributed by atoms with Crippen LogP contribution in [0.15, 0.2) is 48.5 Å². The van der Waals surface area contributed by atoms with Gasteiger partial charge in [-0.2, -0.15) is 0 Å². The standard InChI is InChI=1S/C36H46/c1-3-5-7-11-29-15-22-32(23-16-29)33-24-17-31(18-25-33)21-26-34-13-9-10-14-36(34)35-27-19-30(20-28-35)12-8-6-4-2/h9-10,13-14,17-18,24-25,29-30,32,35H,3,5,7-8,11-12,15-16,19-20,22-23,27-28H2,1-2H3. The van der Waals surface area contributed by atoms with Crippen molar-refractivity contribution in [1.29, 1.82) is 0 Å². The summed E-state index contributed by atoms with van der Waals surface area (Å²) in [6, 6.07) is 18.1. The van der Waals surface area contributed by atoms with Crippen molar-refractivity contribution in [3.63, 3.8) is 0 Å². The van der Waals surface area contributed by atoms with Crippen molar-refractivity contribution in [1.82, 2.24) is 0 Å². The van der Waals surface area contributed by atoms with Gasteiger partial charge in [-0.15, -0.1) is 11.8 Å². The molecule has 0 aliphatic heterocycles. The molecule has 36 heavy (non-hydrogen) atoms. The molecule has 0 amide bonds. The molecule has 0 radical (unpaired) electrons. The third-order valence-electron chi connectivity index (χ3n) is 8.89. The summed E-state index contributed by atoms with van der Waals surface area (Å²) in [5, 5.41) is 0. The summed E-state index contributed by atoms with van der Waals surface area (Å²) in [7, 11) is 0. The van der Waals surface area contributed by atoms with Crippen LogP contribution < -0.4 is 0 Å². The molecule has 0 spiro atoms. The van der Waals surface area contributed by atoms with Crippen molar-refractivity contribution in [3.05, 3.63) is 70.8 Å².